The zero-order valence-corrected chi connectivity index (χ0v) is 9.61. The molecule has 16 heavy (non-hydrogen) atoms. The van der Waals surface area contributed by atoms with Gasteiger partial charge in [-0.1, -0.05) is 0 Å². The summed E-state index contributed by atoms with van der Waals surface area (Å²) in [6.07, 6.45) is 0.162. The Balaban J connectivity index is 2.97. The molecule has 0 aromatic carbocycles. The van der Waals surface area contributed by atoms with Gasteiger partial charge in [-0.15, -0.1) is 0 Å². The molecule has 1 heterocycles. The second kappa shape index (κ2) is 4.92. The molecule has 1 aliphatic rings. The van der Waals surface area contributed by atoms with Crippen molar-refractivity contribution < 1.29 is 19.4 Å². The lowest BCUT2D eigenvalue weighted by molar-refractivity contribution is -0.140. The smallest absolute Gasteiger partial charge is 0.335 e. The molecule has 0 aliphatic carbocycles. The number of carboxylic acid groups (broad SMARTS) is 1. The SMILES string of the molecule is CCOC(=O)C1=C(C)N=C(C)C(C(=O)O)C1. The second-order valence-corrected chi connectivity index (χ2v) is 3.63. The normalized spacial score (nSPS) is 20.4. The lowest BCUT2D eigenvalue weighted by Gasteiger charge is -2.20. The van der Waals surface area contributed by atoms with Crippen LogP contribution in [0.3, 0.4) is 0 Å². The van der Waals surface area contributed by atoms with Crippen LogP contribution in [0.5, 0.6) is 0 Å². The van der Waals surface area contributed by atoms with Gasteiger partial charge >= 0.3 is 11.9 Å². The third-order valence-corrected chi connectivity index (χ3v) is 2.51. The Hall–Kier alpha value is -1.65. The van der Waals surface area contributed by atoms with Crippen molar-refractivity contribution in [3.05, 3.63) is 11.3 Å². The van der Waals surface area contributed by atoms with Crippen molar-refractivity contribution >= 4 is 17.7 Å². The molecule has 1 unspecified atom stereocenters. The molecule has 0 bridgehead atoms. The summed E-state index contributed by atoms with van der Waals surface area (Å²) in [6, 6.07) is 0. The van der Waals surface area contributed by atoms with Crippen molar-refractivity contribution in [2.45, 2.75) is 27.2 Å². The van der Waals surface area contributed by atoms with E-state index in [1.54, 1.807) is 20.8 Å². The van der Waals surface area contributed by atoms with E-state index in [9.17, 15) is 9.59 Å². The maximum atomic E-state index is 11.5. The van der Waals surface area contributed by atoms with Crippen molar-refractivity contribution in [1.82, 2.24) is 0 Å². The molecule has 5 nitrogen and oxygen atoms in total. The van der Waals surface area contributed by atoms with Gasteiger partial charge in [-0.25, -0.2) is 4.79 Å². The molecule has 0 saturated heterocycles. The number of allylic oxidation sites excluding steroid dienone is 1. The van der Waals surface area contributed by atoms with Crippen LogP contribution in [0.4, 0.5) is 0 Å². The molecule has 1 aliphatic heterocycles. The standard InChI is InChI=1S/C11H15NO4/c1-4-16-11(15)9-5-8(10(13)14)6(2)12-7(9)3/h8H,4-5H2,1-3H3,(H,13,14). The monoisotopic (exact) mass is 225 g/mol. The van der Waals surface area contributed by atoms with Crippen molar-refractivity contribution in [1.29, 1.82) is 0 Å². The highest BCUT2D eigenvalue weighted by Gasteiger charge is 2.30. The minimum atomic E-state index is -0.962. The van der Waals surface area contributed by atoms with Crippen molar-refractivity contribution in [2.75, 3.05) is 6.61 Å². The molecular formula is C11H15NO4. The van der Waals surface area contributed by atoms with E-state index in [2.05, 4.69) is 4.99 Å². The minimum absolute atomic E-state index is 0.162. The van der Waals surface area contributed by atoms with Gasteiger partial charge in [-0.05, 0) is 27.2 Å². The van der Waals surface area contributed by atoms with Gasteiger partial charge in [0.15, 0.2) is 0 Å². The van der Waals surface area contributed by atoms with Gasteiger partial charge in [0.25, 0.3) is 0 Å². The van der Waals surface area contributed by atoms with Gasteiger partial charge in [0, 0.05) is 11.4 Å². The summed E-state index contributed by atoms with van der Waals surface area (Å²) in [5, 5.41) is 8.97. The first kappa shape index (κ1) is 12.4. The highest BCUT2D eigenvalue weighted by Crippen LogP contribution is 2.25. The Bertz CT molecular complexity index is 381. The predicted octanol–water partition coefficient (Wildman–Crippen LogP) is 1.39. The van der Waals surface area contributed by atoms with E-state index in [0.717, 1.165) is 0 Å². The second-order valence-electron chi connectivity index (χ2n) is 3.63. The van der Waals surface area contributed by atoms with E-state index in [-0.39, 0.29) is 13.0 Å². The van der Waals surface area contributed by atoms with Crippen LogP contribution in [0, 0.1) is 5.92 Å². The number of carboxylic acids is 1. The average Bonchev–Trinajstić information content (AvgIpc) is 2.17. The Morgan fingerprint density at radius 2 is 2.12 bits per heavy atom. The maximum Gasteiger partial charge on any atom is 0.335 e. The highest BCUT2D eigenvalue weighted by atomic mass is 16.5. The van der Waals surface area contributed by atoms with Gasteiger partial charge in [0.1, 0.15) is 0 Å². The summed E-state index contributed by atoms with van der Waals surface area (Å²) >= 11 is 0. The third-order valence-electron chi connectivity index (χ3n) is 2.51. The lowest BCUT2D eigenvalue weighted by atomic mass is 9.91. The predicted molar refractivity (Wildman–Crippen MR) is 58.2 cm³/mol. The van der Waals surface area contributed by atoms with E-state index < -0.39 is 17.9 Å². The maximum absolute atomic E-state index is 11.5. The number of aliphatic imine (C=N–C) groups is 1. The van der Waals surface area contributed by atoms with Crippen LogP contribution in [0.1, 0.15) is 27.2 Å². The quantitative estimate of drug-likeness (QED) is 0.736. The summed E-state index contributed by atoms with van der Waals surface area (Å²) in [6.45, 7) is 5.33. The molecule has 1 N–H and O–H groups in total. The Morgan fingerprint density at radius 1 is 1.50 bits per heavy atom. The minimum Gasteiger partial charge on any atom is -0.481 e. The molecule has 0 amide bonds. The molecule has 1 rings (SSSR count). The van der Waals surface area contributed by atoms with Gasteiger partial charge in [-0.2, -0.15) is 0 Å². The Kier molecular flexibility index (Phi) is 3.82. The third kappa shape index (κ3) is 2.48. The molecule has 1 atom stereocenters. The van der Waals surface area contributed by atoms with Gasteiger partial charge < -0.3 is 9.84 Å². The molecule has 88 valence electrons. The first-order valence-corrected chi connectivity index (χ1v) is 5.12. The number of carbonyl (C=O) groups is 2. The van der Waals surface area contributed by atoms with Crippen LogP contribution in [0.25, 0.3) is 0 Å². The van der Waals surface area contributed by atoms with Gasteiger partial charge in [-0.3, -0.25) is 9.79 Å². The number of carbonyl (C=O) groups excluding carboxylic acids is 1. The highest BCUT2D eigenvalue weighted by molar-refractivity contribution is 6.04. The fraction of sp³-hybridized carbons (Fsp3) is 0.545. The molecule has 0 saturated carbocycles. The lowest BCUT2D eigenvalue weighted by Crippen LogP contribution is -2.27. The summed E-state index contributed by atoms with van der Waals surface area (Å²) in [7, 11) is 0. The Morgan fingerprint density at radius 3 is 2.62 bits per heavy atom. The van der Waals surface area contributed by atoms with E-state index in [1.165, 1.54) is 0 Å². The number of rotatable bonds is 3. The average molecular weight is 225 g/mol. The van der Waals surface area contributed by atoms with Crippen LogP contribution in [-0.2, 0) is 14.3 Å². The molecule has 0 radical (unpaired) electrons. The Labute approximate surface area is 93.8 Å². The molecule has 0 aromatic heterocycles. The number of hydrogen-bond acceptors (Lipinski definition) is 4. The zero-order valence-electron chi connectivity index (χ0n) is 9.61. The fourth-order valence-corrected chi connectivity index (χ4v) is 1.62. The first-order valence-electron chi connectivity index (χ1n) is 5.12. The van der Waals surface area contributed by atoms with Crippen LogP contribution >= 0.6 is 0 Å². The number of nitrogens with zero attached hydrogens (tertiary/aromatic N) is 1. The number of esters is 1. The van der Waals surface area contributed by atoms with E-state index in [1.807, 2.05) is 0 Å². The summed E-state index contributed by atoms with van der Waals surface area (Å²) in [5.41, 5.74) is 1.44. The molecule has 5 heteroatoms. The molecule has 0 spiro atoms. The van der Waals surface area contributed by atoms with E-state index in [0.29, 0.717) is 17.0 Å². The summed E-state index contributed by atoms with van der Waals surface area (Å²) < 4.78 is 4.86. The first-order chi connectivity index (χ1) is 7.47. The van der Waals surface area contributed by atoms with Crippen LogP contribution in [0.2, 0.25) is 0 Å². The summed E-state index contributed by atoms with van der Waals surface area (Å²) in [5.74, 6) is -2.15. The topological polar surface area (TPSA) is 76.0 Å². The van der Waals surface area contributed by atoms with Crippen molar-refractivity contribution in [3.8, 4) is 0 Å². The van der Waals surface area contributed by atoms with Crippen LogP contribution in [0.15, 0.2) is 16.3 Å². The van der Waals surface area contributed by atoms with Crippen LogP contribution < -0.4 is 0 Å². The van der Waals surface area contributed by atoms with Crippen molar-refractivity contribution in [3.63, 3.8) is 0 Å². The molecule has 0 fully saturated rings. The van der Waals surface area contributed by atoms with Crippen molar-refractivity contribution in [2.24, 2.45) is 10.9 Å². The summed E-state index contributed by atoms with van der Waals surface area (Å²) in [4.78, 5) is 26.6. The number of aliphatic carboxylic acids is 1. The van der Waals surface area contributed by atoms with E-state index >= 15 is 0 Å². The van der Waals surface area contributed by atoms with Gasteiger partial charge in [0.05, 0.1) is 18.1 Å². The van der Waals surface area contributed by atoms with E-state index in [4.69, 9.17) is 9.84 Å². The fourth-order valence-electron chi connectivity index (χ4n) is 1.62. The largest absolute Gasteiger partial charge is 0.481 e. The van der Waals surface area contributed by atoms with Crippen LogP contribution in [-0.4, -0.2) is 29.4 Å². The molecule has 0 aromatic rings. The number of hydrogen-bond donors (Lipinski definition) is 1. The molecular weight excluding hydrogens is 210 g/mol. The zero-order chi connectivity index (χ0) is 12.3. The number of ether oxygens (including phenoxy) is 1. The van der Waals surface area contributed by atoms with Gasteiger partial charge in [0.2, 0.25) is 0 Å².